The number of phenolic OH excluding ortho intramolecular Hbond substituents is 1. The summed E-state index contributed by atoms with van der Waals surface area (Å²) < 4.78 is 0. The molecule has 0 bridgehead atoms. The molecule has 1 fully saturated rings. The highest BCUT2D eigenvalue weighted by Gasteiger charge is 2.15. The first-order valence-corrected chi connectivity index (χ1v) is 7.17. The lowest BCUT2D eigenvalue weighted by Crippen LogP contribution is -2.24. The summed E-state index contributed by atoms with van der Waals surface area (Å²) in [5.41, 5.74) is 1.39. The lowest BCUT2D eigenvalue weighted by atomic mass is 9.97. The molecule has 0 aliphatic carbocycles. The number of halogens is 1. The summed E-state index contributed by atoms with van der Waals surface area (Å²) in [5, 5.41) is 11.8. The van der Waals surface area contributed by atoms with Crippen molar-refractivity contribution in [2.45, 2.75) is 25.7 Å². The average Bonchev–Trinajstić information content (AvgIpc) is 2.91. The molecule has 1 aliphatic rings. The quantitative estimate of drug-likeness (QED) is 0.902. The number of aromatic hydroxyl groups is 1. The van der Waals surface area contributed by atoms with Crippen molar-refractivity contribution in [2.75, 3.05) is 19.6 Å². The van der Waals surface area contributed by atoms with Gasteiger partial charge in [0.25, 0.3) is 0 Å². The van der Waals surface area contributed by atoms with Crippen molar-refractivity contribution in [3.05, 3.63) is 42.0 Å². The molecule has 2 aromatic carbocycles. The van der Waals surface area contributed by atoms with E-state index in [1.165, 1.54) is 36.9 Å². The maximum absolute atomic E-state index is 9.49. The maximum Gasteiger partial charge on any atom is 0.116 e. The number of fused-ring (bicyclic) bond motifs is 1. The highest BCUT2D eigenvalue weighted by molar-refractivity contribution is 8.93. The Morgan fingerprint density at radius 3 is 2.45 bits per heavy atom. The Bertz CT molecular complexity index is 578. The van der Waals surface area contributed by atoms with Gasteiger partial charge >= 0.3 is 0 Å². The topological polar surface area (TPSA) is 23.5 Å². The van der Waals surface area contributed by atoms with Crippen LogP contribution in [0.1, 0.15) is 31.2 Å². The highest BCUT2D eigenvalue weighted by atomic mass is 79.9. The zero-order valence-electron chi connectivity index (χ0n) is 11.9. The van der Waals surface area contributed by atoms with E-state index in [2.05, 4.69) is 30.0 Å². The van der Waals surface area contributed by atoms with Crippen LogP contribution in [-0.2, 0) is 0 Å². The molecule has 0 aromatic heterocycles. The molecular formula is C17H22BrNO. The van der Waals surface area contributed by atoms with Crippen molar-refractivity contribution >= 4 is 27.8 Å². The van der Waals surface area contributed by atoms with Gasteiger partial charge in [-0.25, -0.2) is 0 Å². The summed E-state index contributed by atoms with van der Waals surface area (Å²) in [6, 6.07) is 12.2. The third-order valence-electron chi connectivity index (χ3n) is 4.15. The second-order valence-electron chi connectivity index (χ2n) is 5.70. The number of rotatable bonds is 3. The number of phenols is 1. The summed E-state index contributed by atoms with van der Waals surface area (Å²) in [7, 11) is 0. The van der Waals surface area contributed by atoms with E-state index in [9.17, 15) is 5.11 Å². The van der Waals surface area contributed by atoms with Gasteiger partial charge in [0, 0.05) is 6.54 Å². The SMILES string of the molecule is Br.CC(CN1CCCC1)c1ccc2cc(O)ccc2c1. The van der Waals surface area contributed by atoms with Gasteiger partial charge in [0.2, 0.25) is 0 Å². The summed E-state index contributed by atoms with van der Waals surface area (Å²) in [6.07, 6.45) is 2.70. The molecule has 108 valence electrons. The van der Waals surface area contributed by atoms with Gasteiger partial charge in [-0.3, -0.25) is 0 Å². The largest absolute Gasteiger partial charge is 0.508 e. The second-order valence-corrected chi connectivity index (χ2v) is 5.70. The fraction of sp³-hybridized carbons (Fsp3) is 0.412. The fourth-order valence-electron chi connectivity index (χ4n) is 3.02. The molecule has 1 saturated heterocycles. The molecular weight excluding hydrogens is 314 g/mol. The normalized spacial score (nSPS) is 17.1. The minimum atomic E-state index is 0. The minimum absolute atomic E-state index is 0. The molecule has 1 unspecified atom stereocenters. The van der Waals surface area contributed by atoms with Crippen molar-refractivity contribution in [3.63, 3.8) is 0 Å². The first-order chi connectivity index (χ1) is 9.22. The lowest BCUT2D eigenvalue weighted by Gasteiger charge is -2.20. The average molecular weight is 336 g/mol. The van der Waals surface area contributed by atoms with Gasteiger partial charge in [-0.2, -0.15) is 0 Å². The first kappa shape index (κ1) is 15.3. The highest BCUT2D eigenvalue weighted by Crippen LogP contribution is 2.25. The molecule has 20 heavy (non-hydrogen) atoms. The smallest absolute Gasteiger partial charge is 0.116 e. The van der Waals surface area contributed by atoms with Gasteiger partial charge < -0.3 is 10.0 Å². The summed E-state index contributed by atoms with van der Waals surface area (Å²) >= 11 is 0. The Hall–Kier alpha value is -1.06. The van der Waals surface area contributed by atoms with Crippen LogP contribution >= 0.6 is 17.0 Å². The van der Waals surface area contributed by atoms with Crippen LogP contribution < -0.4 is 0 Å². The van der Waals surface area contributed by atoms with Gasteiger partial charge in [0.05, 0.1) is 0 Å². The third kappa shape index (κ3) is 3.33. The van der Waals surface area contributed by atoms with Crippen molar-refractivity contribution in [2.24, 2.45) is 0 Å². The molecule has 1 atom stereocenters. The number of benzene rings is 2. The molecule has 0 spiro atoms. The number of hydrogen-bond donors (Lipinski definition) is 1. The van der Waals surface area contributed by atoms with Gasteiger partial charge in [-0.05, 0) is 60.3 Å². The molecule has 3 heteroatoms. The molecule has 1 heterocycles. The standard InChI is InChI=1S/C17H21NO.BrH/c1-13(12-18-8-2-3-9-18)14-4-5-16-11-17(19)7-6-15(16)10-14;/h4-7,10-11,13,19H,2-3,8-9,12H2,1H3;1H. The van der Waals surface area contributed by atoms with E-state index in [1.54, 1.807) is 6.07 Å². The Kier molecular flexibility index (Phi) is 5.06. The van der Waals surface area contributed by atoms with Crippen LogP contribution in [0.3, 0.4) is 0 Å². The van der Waals surface area contributed by atoms with E-state index in [0.717, 1.165) is 11.9 Å². The Morgan fingerprint density at radius 1 is 1.05 bits per heavy atom. The van der Waals surface area contributed by atoms with Crippen LogP contribution in [0.5, 0.6) is 5.75 Å². The van der Waals surface area contributed by atoms with E-state index in [-0.39, 0.29) is 17.0 Å². The van der Waals surface area contributed by atoms with E-state index < -0.39 is 0 Å². The number of nitrogens with zero attached hydrogens (tertiary/aromatic N) is 1. The molecule has 0 amide bonds. The third-order valence-corrected chi connectivity index (χ3v) is 4.15. The van der Waals surface area contributed by atoms with Crippen molar-refractivity contribution < 1.29 is 5.11 Å². The van der Waals surface area contributed by atoms with E-state index in [1.807, 2.05) is 12.1 Å². The van der Waals surface area contributed by atoms with Gasteiger partial charge in [0.1, 0.15) is 5.75 Å². The number of likely N-dealkylation sites (tertiary alicyclic amines) is 1. The Balaban J connectivity index is 0.00000147. The molecule has 0 saturated carbocycles. The molecule has 2 aromatic rings. The summed E-state index contributed by atoms with van der Waals surface area (Å²) in [4.78, 5) is 2.56. The van der Waals surface area contributed by atoms with Gasteiger partial charge in [-0.1, -0.05) is 31.2 Å². The zero-order valence-corrected chi connectivity index (χ0v) is 13.6. The van der Waals surface area contributed by atoms with Crippen LogP contribution in [0.4, 0.5) is 0 Å². The van der Waals surface area contributed by atoms with E-state index >= 15 is 0 Å². The molecule has 3 rings (SSSR count). The lowest BCUT2D eigenvalue weighted by molar-refractivity contribution is 0.321. The minimum Gasteiger partial charge on any atom is -0.508 e. The predicted octanol–water partition coefficient (Wildman–Crippen LogP) is 4.32. The number of hydrogen-bond acceptors (Lipinski definition) is 2. The monoisotopic (exact) mass is 335 g/mol. The molecule has 1 N–H and O–H groups in total. The van der Waals surface area contributed by atoms with Crippen LogP contribution in [0.25, 0.3) is 10.8 Å². The van der Waals surface area contributed by atoms with Crippen molar-refractivity contribution in [3.8, 4) is 5.75 Å². The Morgan fingerprint density at radius 2 is 1.70 bits per heavy atom. The molecule has 2 nitrogen and oxygen atoms in total. The van der Waals surface area contributed by atoms with Crippen LogP contribution in [-0.4, -0.2) is 29.6 Å². The van der Waals surface area contributed by atoms with Gasteiger partial charge in [0.15, 0.2) is 0 Å². The molecule has 0 radical (unpaired) electrons. The zero-order chi connectivity index (χ0) is 13.2. The van der Waals surface area contributed by atoms with Crippen molar-refractivity contribution in [1.29, 1.82) is 0 Å². The second kappa shape index (κ2) is 6.59. The summed E-state index contributed by atoms with van der Waals surface area (Å²) in [6.45, 7) is 5.97. The van der Waals surface area contributed by atoms with E-state index in [4.69, 9.17) is 0 Å². The molecule has 1 aliphatic heterocycles. The summed E-state index contributed by atoms with van der Waals surface area (Å²) in [5.74, 6) is 0.904. The maximum atomic E-state index is 9.49. The Labute approximate surface area is 131 Å². The van der Waals surface area contributed by atoms with Crippen molar-refractivity contribution in [1.82, 2.24) is 4.90 Å². The predicted molar refractivity (Wildman–Crippen MR) is 90.0 cm³/mol. The van der Waals surface area contributed by atoms with Crippen LogP contribution in [0.15, 0.2) is 36.4 Å². The van der Waals surface area contributed by atoms with E-state index in [0.29, 0.717) is 11.7 Å². The fourth-order valence-corrected chi connectivity index (χ4v) is 3.02. The van der Waals surface area contributed by atoms with Crippen LogP contribution in [0.2, 0.25) is 0 Å². The van der Waals surface area contributed by atoms with Crippen LogP contribution in [0, 0.1) is 0 Å². The first-order valence-electron chi connectivity index (χ1n) is 7.17. The van der Waals surface area contributed by atoms with Gasteiger partial charge in [-0.15, -0.1) is 17.0 Å².